The maximum Gasteiger partial charge on any atom is 0.409 e. The lowest BCUT2D eigenvalue weighted by atomic mass is 9.94. The summed E-state index contributed by atoms with van der Waals surface area (Å²) in [4.78, 5) is 26.2. The van der Waals surface area contributed by atoms with Crippen LogP contribution < -0.4 is 10.1 Å². The van der Waals surface area contributed by atoms with Gasteiger partial charge in [-0.2, -0.15) is 10.2 Å². The van der Waals surface area contributed by atoms with Gasteiger partial charge in [0.05, 0.1) is 54.6 Å². The second-order valence-corrected chi connectivity index (χ2v) is 10.1. The summed E-state index contributed by atoms with van der Waals surface area (Å²) in [5.74, 6) is -1.53. The Balaban J connectivity index is 1.51. The molecule has 4 aromatic rings. The van der Waals surface area contributed by atoms with Gasteiger partial charge in [0.1, 0.15) is 23.2 Å². The predicted molar refractivity (Wildman–Crippen MR) is 136 cm³/mol. The fourth-order valence-electron chi connectivity index (χ4n) is 4.85. The summed E-state index contributed by atoms with van der Waals surface area (Å²) in [6.07, 6.45) is 0.977. The van der Waals surface area contributed by atoms with Crippen molar-refractivity contribution in [2.75, 3.05) is 38.7 Å². The van der Waals surface area contributed by atoms with Gasteiger partial charge < -0.3 is 19.3 Å². The molecule has 1 saturated heterocycles. The molecule has 2 aliphatic rings. The van der Waals surface area contributed by atoms with Crippen LogP contribution in [0.25, 0.3) is 32.2 Å². The van der Waals surface area contributed by atoms with E-state index >= 15 is 4.39 Å². The quantitative estimate of drug-likeness (QED) is 0.373. The molecule has 5 heterocycles. The molecule has 14 heteroatoms. The molecule has 1 fully saturated rings. The largest absolute Gasteiger partial charge is 0.465 e. The first-order valence-electron chi connectivity index (χ1n) is 11.9. The molecule has 11 nitrogen and oxygen atoms in total. The van der Waals surface area contributed by atoms with Gasteiger partial charge in [0.15, 0.2) is 11.6 Å². The van der Waals surface area contributed by atoms with Crippen molar-refractivity contribution in [1.82, 2.24) is 19.9 Å². The number of carbonyl (C=O) groups is 1. The first-order valence-corrected chi connectivity index (χ1v) is 12.7. The average molecular weight is 555 g/mol. The molecule has 0 saturated carbocycles. The first kappa shape index (κ1) is 25.3. The number of likely N-dealkylation sites (N-methyl/N-ethyl adjacent to an activating group) is 1. The van der Waals surface area contributed by atoms with Gasteiger partial charge in [-0.1, -0.05) is 0 Å². The number of pyridine rings is 1. The fraction of sp³-hybridized carbons (Fsp3) is 0.320. The number of nitrogens with one attached hydrogen (secondary N) is 1. The van der Waals surface area contributed by atoms with Crippen molar-refractivity contribution < 1.29 is 32.9 Å². The van der Waals surface area contributed by atoms with Crippen LogP contribution in [0.1, 0.15) is 16.7 Å². The Hall–Kier alpha value is -4.03. The van der Waals surface area contributed by atoms with Crippen molar-refractivity contribution in [2.24, 2.45) is 0 Å². The number of fused-ring (bicyclic) bond motifs is 4. The van der Waals surface area contributed by atoms with Crippen LogP contribution in [0.4, 0.5) is 18.6 Å². The highest BCUT2D eigenvalue weighted by Crippen LogP contribution is 2.45. The molecular weight excluding hydrogens is 534 g/mol. The summed E-state index contributed by atoms with van der Waals surface area (Å²) in [6.45, 7) is 2.34. The molecule has 1 atom stereocenters. The number of anilines is 1. The predicted octanol–water partition coefficient (Wildman–Crippen LogP) is 3.89. The van der Waals surface area contributed by atoms with Crippen LogP contribution in [0.5, 0.6) is 6.01 Å². The summed E-state index contributed by atoms with van der Waals surface area (Å²) >= 11 is 0.735. The number of thiophene rings is 1. The number of halogens is 2. The van der Waals surface area contributed by atoms with Crippen molar-refractivity contribution >= 4 is 43.4 Å². The zero-order valence-electron chi connectivity index (χ0n) is 20.5. The summed E-state index contributed by atoms with van der Waals surface area (Å²) in [5.41, 5.74) is 0.912. The zero-order chi connectivity index (χ0) is 27.3. The van der Waals surface area contributed by atoms with E-state index in [9.17, 15) is 19.6 Å². The molecule has 39 heavy (non-hydrogen) atoms. The number of nitriles is 1. The van der Waals surface area contributed by atoms with Crippen LogP contribution in [0.15, 0.2) is 12.4 Å². The standard InChI is InChI=1S/C25H20F2N6O5S/c1-33-2-3-36-7-11(33)8-38-24-30-5-13-14-9-37-10-15(14)17(19(27)20(13)31-24)21-18-12(4-28)23(32-25(34)35)39-22(18)16(26)6-29-21/h5-6,11,32H,2-3,7-10H2,1H3,(H,34,35)/t11-/m1/s1. The highest BCUT2D eigenvalue weighted by molar-refractivity contribution is 7.23. The van der Waals surface area contributed by atoms with Gasteiger partial charge in [-0.3, -0.25) is 15.2 Å². The summed E-state index contributed by atoms with van der Waals surface area (Å²) in [7, 11) is 1.96. The number of hydrogen-bond donors (Lipinski definition) is 2. The van der Waals surface area contributed by atoms with E-state index in [4.69, 9.17) is 14.2 Å². The Morgan fingerprint density at radius 3 is 2.90 bits per heavy atom. The van der Waals surface area contributed by atoms with Crippen molar-refractivity contribution in [3.05, 3.63) is 40.7 Å². The minimum Gasteiger partial charge on any atom is -0.465 e. The lowest BCUT2D eigenvalue weighted by molar-refractivity contribution is -0.0119. The molecule has 1 aromatic carbocycles. The van der Waals surface area contributed by atoms with Crippen molar-refractivity contribution in [1.29, 1.82) is 5.26 Å². The second-order valence-electron chi connectivity index (χ2n) is 9.08. The van der Waals surface area contributed by atoms with Gasteiger partial charge in [0.25, 0.3) is 0 Å². The molecule has 3 aromatic heterocycles. The van der Waals surface area contributed by atoms with E-state index in [1.165, 1.54) is 6.20 Å². The van der Waals surface area contributed by atoms with Crippen molar-refractivity contribution in [2.45, 2.75) is 19.3 Å². The Morgan fingerprint density at radius 1 is 1.31 bits per heavy atom. The van der Waals surface area contributed by atoms with E-state index in [0.29, 0.717) is 29.7 Å². The van der Waals surface area contributed by atoms with Gasteiger partial charge >= 0.3 is 12.1 Å². The molecule has 0 unspecified atom stereocenters. The third kappa shape index (κ3) is 4.29. The van der Waals surface area contributed by atoms with Gasteiger partial charge in [-0.25, -0.2) is 18.6 Å². The molecule has 6 rings (SSSR count). The average Bonchev–Trinajstić information content (AvgIpc) is 3.54. The molecule has 2 aliphatic heterocycles. The highest BCUT2D eigenvalue weighted by atomic mass is 32.1. The Morgan fingerprint density at radius 2 is 2.13 bits per heavy atom. The SMILES string of the molecule is CN1CCOC[C@@H]1COc1ncc2c3c(c(-c4ncc(F)c5sc(NC(=O)O)c(C#N)c45)c(F)c2n1)COC3. The molecule has 0 radical (unpaired) electrons. The lowest BCUT2D eigenvalue weighted by Gasteiger charge is -2.31. The second kappa shape index (κ2) is 9.93. The summed E-state index contributed by atoms with van der Waals surface area (Å²) < 4.78 is 48.1. The van der Waals surface area contributed by atoms with Gasteiger partial charge in [-0.15, -0.1) is 11.3 Å². The third-order valence-electron chi connectivity index (χ3n) is 6.84. The molecule has 0 bridgehead atoms. The van der Waals surface area contributed by atoms with E-state index in [1.54, 1.807) is 0 Å². The number of aromatic nitrogens is 3. The molecular formula is C25H20F2N6O5S. The Kier molecular flexibility index (Phi) is 6.43. The number of ether oxygens (including phenoxy) is 3. The van der Waals surface area contributed by atoms with Crippen LogP contribution in [0.3, 0.4) is 0 Å². The smallest absolute Gasteiger partial charge is 0.409 e. The van der Waals surface area contributed by atoms with E-state index in [1.807, 2.05) is 13.1 Å². The zero-order valence-corrected chi connectivity index (χ0v) is 21.3. The summed E-state index contributed by atoms with van der Waals surface area (Å²) in [6, 6.07) is 1.87. The van der Waals surface area contributed by atoms with Gasteiger partial charge in [0.2, 0.25) is 0 Å². The maximum atomic E-state index is 16.4. The van der Waals surface area contributed by atoms with E-state index in [2.05, 4.69) is 25.2 Å². The fourth-order valence-corrected chi connectivity index (χ4v) is 5.89. The van der Waals surface area contributed by atoms with Crippen LogP contribution >= 0.6 is 11.3 Å². The lowest BCUT2D eigenvalue weighted by Crippen LogP contribution is -2.46. The Labute approximate surface area is 223 Å². The van der Waals surface area contributed by atoms with Crippen LogP contribution in [-0.2, 0) is 22.7 Å². The summed E-state index contributed by atoms with van der Waals surface area (Å²) in [5, 5.41) is 21.5. The minimum atomic E-state index is -1.42. The van der Waals surface area contributed by atoms with Crippen LogP contribution in [-0.4, -0.2) is 70.5 Å². The topological polar surface area (TPSA) is 143 Å². The van der Waals surface area contributed by atoms with Crippen molar-refractivity contribution in [3.8, 4) is 23.3 Å². The van der Waals surface area contributed by atoms with Crippen LogP contribution in [0, 0.1) is 23.0 Å². The number of carboxylic acid groups (broad SMARTS) is 1. The third-order valence-corrected chi connectivity index (χ3v) is 7.96. The number of rotatable bonds is 5. The minimum absolute atomic E-state index is 0.00115. The number of morpholine rings is 1. The molecule has 200 valence electrons. The van der Waals surface area contributed by atoms with E-state index < -0.39 is 17.7 Å². The maximum absolute atomic E-state index is 16.4. The van der Waals surface area contributed by atoms with Gasteiger partial charge in [0, 0.05) is 29.1 Å². The number of nitrogens with zero attached hydrogens (tertiary/aromatic N) is 5. The van der Waals surface area contributed by atoms with Crippen molar-refractivity contribution in [3.63, 3.8) is 0 Å². The molecule has 0 spiro atoms. The molecule has 0 aliphatic carbocycles. The normalized spacial score (nSPS) is 17.3. The molecule has 2 N–H and O–H groups in total. The number of benzene rings is 1. The van der Waals surface area contributed by atoms with Gasteiger partial charge in [-0.05, 0) is 18.2 Å². The number of hydrogen-bond acceptors (Lipinski definition) is 10. The number of amides is 1. The monoisotopic (exact) mass is 554 g/mol. The molecule has 1 amide bonds. The van der Waals surface area contributed by atoms with E-state index in [0.717, 1.165) is 24.1 Å². The Bertz CT molecular complexity index is 1690. The first-order chi connectivity index (χ1) is 18.9. The van der Waals surface area contributed by atoms with E-state index in [-0.39, 0.29) is 69.3 Å². The highest BCUT2D eigenvalue weighted by Gasteiger charge is 2.30. The van der Waals surface area contributed by atoms with Crippen LogP contribution in [0.2, 0.25) is 0 Å².